The van der Waals surface area contributed by atoms with E-state index in [1.165, 1.54) is 6.92 Å². The van der Waals surface area contributed by atoms with Crippen LogP contribution in [-0.2, 0) is 4.79 Å². The molecule has 0 saturated heterocycles. The molecule has 4 heteroatoms. The Morgan fingerprint density at radius 3 is 2.71 bits per heavy atom. The van der Waals surface area contributed by atoms with Crippen LogP contribution in [0.2, 0.25) is 0 Å². The summed E-state index contributed by atoms with van der Waals surface area (Å²) in [7, 11) is 0. The second kappa shape index (κ2) is 4.98. The zero-order chi connectivity index (χ0) is 13.1. The third kappa shape index (κ3) is 3.05. The molecule has 0 aliphatic carbocycles. The molecule has 1 aromatic rings. The normalized spacial score (nSPS) is 13.6. The van der Waals surface area contributed by atoms with Gasteiger partial charge in [0.05, 0.1) is 6.57 Å². The Morgan fingerprint density at radius 2 is 2.24 bits per heavy atom. The molecule has 90 valence electrons. The third-order valence-corrected chi connectivity index (χ3v) is 2.75. The predicted octanol–water partition coefficient (Wildman–Crippen LogP) is 2.65. The topological polar surface area (TPSA) is 53.7 Å². The van der Waals surface area contributed by atoms with Crippen molar-refractivity contribution in [2.24, 2.45) is 0 Å². The van der Waals surface area contributed by atoms with Crippen LogP contribution >= 0.6 is 0 Å². The smallest absolute Gasteiger partial charge is 0.256 e. The summed E-state index contributed by atoms with van der Waals surface area (Å²) < 4.78 is 0. The number of nitrogens with zero attached hydrogens (tertiary/aromatic N) is 1. The lowest BCUT2D eigenvalue weighted by Gasteiger charge is -2.20. The molecule has 4 nitrogen and oxygen atoms in total. The number of carbonyl (C=O) groups excluding carboxylic acids is 1. The molecule has 0 heterocycles. The van der Waals surface area contributed by atoms with Gasteiger partial charge in [-0.3, -0.25) is 4.79 Å². The van der Waals surface area contributed by atoms with Crippen molar-refractivity contribution < 1.29 is 9.90 Å². The van der Waals surface area contributed by atoms with Crippen LogP contribution in [0.3, 0.4) is 0 Å². The van der Waals surface area contributed by atoms with E-state index in [9.17, 15) is 9.90 Å². The highest BCUT2D eigenvalue weighted by Gasteiger charge is 2.27. The summed E-state index contributed by atoms with van der Waals surface area (Å²) in [6, 6.07) is 5.03. The van der Waals surface area contributed by atoms with Gasteiger partial charge in [0.15, 0.2) is 5.69 Å². The van der Waals surface area contributed by atoms with Gasteiger partial charge in [0.2, 0.25) is 0 Å². The monoisotopic (exact) mass is 232 g/mol. The van der Waals surface area contributed by atoms with Gasteiger partial charge >= 0.3 is 0 Å². The van der Waals surface area contributed by atoms with Crippen molar-refractivity contribution in [1.82, 2.24) is 0 Å². The van der Waals surface area contributed by atoms with Crippen LogP contribution in [0.25, 0.3) is 4.85 Å². The van der Waals surface area contributed by atoms with E-state index in [0.29, 0.717) is 17.8 Å². The van der Waals surface area contributed by atoms with Gasteiger partial charge in [0.1, 0.15) is 5.60 Å². The van der Waals surface area contributed by atoms with Crippen LogP contribution in [0.15, 0.2) is 18.2 Å². The van der Waals surface area contributed by atoms with E-state index in [1.54, 1.807) is 32.0 Å². The first-order valence-corrected chi connectivity index (χ1v) is 5.42. The fourth-order valence-electron chi connectivity index (χ4n) is 1.28. The van der Waals surface area contributed by atoms with Crippen molar-refractivity contribution >= 4 is 17.3 Å². The molecule has 0 radical (unpaired) electrons. The van der Waals surface area contributed by atoms with Gasteiger partial charge < -0.3 is 10.4 Å². The lowest BCUT2D eigenvalue weighted by molar-refractivity contribution is -0.132. The molecular formula is C13H16N2O2. The Balaban J connectivity index is 2.88. The first kappa shape index (κ1) is 13.2. The maximum absolute atomic E-state index is 11.7. The Morgan fingerprint density at radius 1 is 1.59 bits per heavy atom. The fourth-order valence-corrected chi connectivity index (χ4v) is 1.28. The average Bonchev–Trinajstić information content (AvgIpc) is 2.29. The molecular weight excluding hydrogens is 216 g/mol. The van der Waals surface area contributed by atoms with Gasteiger partial charge in [-0.25, -0.2) is 4.85 Å². The van der Waals surface area contributed by atoms with Crippen LogP contribution in [0.5, 0.6) is 0 Å². The number of amides is 1. The summed E-state index contributed by atoms with van der Waals surface area (Å²) in [5, 5.41) is 12.4. The molecule has 2 N–H and O–H groups in total. The summed E-state index contributed by atoms with van der Waals surface area (Å²) in [5.41, 5.74) is 0.583. The molecule has 0 aliphatic rings. The summed E-state index contributed by atoms with van der Waals surface area (Å²) >= 11 is 0. The standard InChI is InChI=1S/C13H16N2O2/c1-5-13(3,17)12(16)15-10-6-7-11(14-4)9(2)8-10/h6-8,17H,5H2,1-3H3,(H,15,16)/t13-/m1/s1. The number of carbonyl (C=O) groups is 1. The van der Waals surface area contributed by atoms with Gasteiger partial charge in [-0.15, -0.1) is 0 Å². The number of aryl methyl sites for hydroxylation is 1. The number of aliphatic hydroxyl groups is 1. The maximum atomic E-state index is 11.7. The third-order valence-electron chi connectivity index (χ3n) is 2.75. The van der Waals surface area contributed by atoms with Crippen molar-refractivity contribution in [3.63, 3.8) is 0 Å². The Hall–Kier alpha value is -1.86. The number of nitrogens with one attached hydrogen (secondary N) is 1. The molecule has 1 amide bonds. The van der Waals surface area contributed by atoms with E-state index in [0.717, 1.165) is 5.56 Å². The number of hydrogen-bond donors (Lipinski definition) is 2. The Labute approximate surface area is 101 Å². The molecule has 0 aromatic heterocycles. The number of anilines is 1. The minimum Gasteiger partial charge on any atom is -0.380 e. The first-order valence-electron chi connectivity index (χ1n) is 5.42. The molecule has 0 bridgehead atoms. The second-order valence-electron chi connectivity index (χ2n) is 4.19. The van der Waals surface area contributed by atoms with Crippen LogP contribution < -0.4 is 5.32 Å². The number of hydrogen-bond acceptors (Lipinski definition) is 2. The Bertz CT molecular complexity index is 473. The van der Waals surface area contributed by atoms with Crippen molar-refractivity contribution in [1.29, 1.82) is 0 Å². The van der Waals surface area contributed by atoms with Crippen molar-refractivity contribution in [3.8, 4) is 0 Å². The van der Waals surface area contributed by atoms with Crippen LogP contribution in [0.4, 0.5) is 11.4 Å². The average molecular weight is 232 g/mol. The minimum atomic E-state index is -1.37. The lowest BCUT2D eigenvalue weighted by atomic mass is 10.0. The highest BCUT2D eigenvalue weighted by molar-refractivity contribution is 5.97. The van der Waals surface area contributed by atoms with Gasteiger partial charge in [0.25, 0.3) is 5.91 Å². The van der Waals surface area contributed by atoms with E-state index in [-0.39, 0.29) is 0 Å². The summed E-state index contributed by atoms with van der Waals surface area (Å²) in [4.78, 5) is 15.1. The molecule has 0 aliphatic heterocycles. The van der Waals surface area contributed by atoms with Gasteiger partial charge in [0, 0.05) is 5.69 Å². The van der Waals surface area contributed by atoms with E-state index in [2.05, 4.69) is 10.2 Å². The highest BCUT2D eigenvalue weighted by atomic mass is 16.3. The predicted molar refractivity (Wildman–Crippen MR) is 67.0 cm³/mol. The molecule has 1 atom stereocenters. The summed E-state index contributed by atoms with van der Waals surface area (Å²) in [5.74, 6) is -0.435. The van der Waals surface area contributed by atoms with Gasteiger partial charge in [-0.1, -0.05) is 13.0 Å². The molecule has 0 fully saturated rings. The summed E-state index contributed by atoms with van der Waals surface area (Å²) in [6.45, 7) is 11.9. The number of rotatable bonds is 3. The van der Waals surface area contributed by atoms with Crippen molar-refractivity contribution in [2.45, 2.75) is 32.8 Å². The summed E-state index contributed by atoms with van der Waals surface area (Å²) in [6.07, 6.45) is 0.345. The maximum Gasteiger partial charge on any atom is 0.256 e. The van der Waals surface area contributed by atoms with Crippen LogP contribution in [0.1, 0.15) is 25.8 Å². The number of benzene rings is 1. The fraction of sp³-hybridized carbons (Fsp3) is 0.385. The zero-order valence-corrected chi connectivity index (χ0v) is 10.2. The zero-order valence-electron chi connectivity index (χ0n) is 10.2. The quantitative estimate of drug-likeness (QED) is 0.787. The van der Waals surface area contributed by atoms with Crippen LogP contribution in [-0.4, -0.2) is 16.6 Å². The van der Waals surface area contributed by atoms with Gasteiger partial charge in [-0.2, -0.15) is 0 Å². The minimum absolute atomic E-state index is 0.345. The van der Waals surface area contributed by atoms with E-state index >= 15 is 0 Å². The molecule has 17 heavy (non-hydrogen) atoms. The molecule has 0 unspecified atom stereocenters. The highest BCUT2D eigenvalue weighted by Crippen LogP contribution is 2.23. The molecule has 1 aromatic carbocycles. The first-order chi connectivity index (χ1) is 7.90. The largest absolute Gasteiger partial charge is 0.380 e. The van der Waals surface area contributed by atoms with E-state index in [1.807, 2.05) is 0 Å². The molecule has 0 saturated carbocycles. The van der Waals surface area contributed by atoms with Crippen molar-refractivity contribution in [3.05, 3.63) is 35.2 Å². The molecule has 1 rings (SSSR count). The van der Waals surface area contributed by atoms with Gasteiger partial charge in [-0.05, 0) is 38.0 Å². The second-order valence-corrected chi connectivity index (χ2v) is 4.19. The Kier molecular flexibility index (Phi) is 3.87. The lowest BCUT2D eigenvalue weighted by Crippen LogP contribution is -2.39. The van der Waals surface area contributed by atoms with E-state index < -0.39 is 11.5 Å². The SMILES string of the molecule is [C-]#[N+]c1ccc(NC(=O)[C@](C)(O)CC)cc1C. The van der Waals surface area contributed by atoms with E-state index in [4.69, 9.17) is 6.57 Å². The molecule has 0 spiro atoms. The van der Waals surface area contributed by atoms with Crippen molar-refractivity contribution in [2.75, 3.05) is 5.32 Å². The van der Waals surface area contributed by atoms with Crippen LogP contribution in [0, 0.1) is 13.5 Å².